The molecule has 0 saturated carbocycles. The number of carbonyl (C=O) groups excluding carboxylic acids is 1. The van der Waals surface area contributed by atoms with Crippen LogP contribution in [0.3, 0.4) is 0 Å². The van der Waals surface area contributed by atoms with Gasteiger partial charge in [-0.25, -0.2) is 0 Å². The molecule has 0 aromatic rings. The van der Waals surface area contributed by atoms with Gasteiger partial charge in [-0.1, -0.05) is 27.7 Å². The maximum Gasteiger partial charge on any atom is 0.240 e. The van der Waals surface area contributed by atoms with E-state index in [0.29, 0.717) is 19.3 Å². The maximum absolute atomic E-state index is 12.1. The maximum atomic E-state index is 12.1. The van der Waals surface area contributed by atoms with Crippen molar-refractivity contribution in [3.8, 4) is 6.07 Å². The summed E-state index contributed by atoms with van der Waals surface area (Å²) < 4.78 is 0. The SMILES string of the molecule is CCC(C#N)(CC)C(=O)NC(CCO)C(C)C. The molecule has 1 amide bonds. The molecule has 0 bridgehead atoms. The van der Waals surface area contributed by atoms with Gasteiger partial charge in [-0.15, -0.1) is 0 Å². The molecule has 1 atom stereocenters. The van der Waals surface area contributed by atoms with E-state index in [-0.39, 0.29) is 24.5 Å². The molecule has 0 aromatic heterocycles. The van der Waals surface area contributed by atoms with Gasteiger partial charge >= 0.3 is 0 Å². The van der Waals surface area contributed by atoms with Crippen LogP contribution in [0.1, 0.15) is 47.0 Å². The van der Waals surface area contributed by atoms with Crippen molar-refractivity contribution in [3.05, 3.63) is 0 Å². The first kappa shape index (κ1) is 15.9. The molecule has 0 fully saturated rings. The van der Waals surface area contributed by atoms with Crippen molar-refractivity contribution in [2.45, 2.75) is 53.0 Å². The Morgan fingerprint density at radius 2 is 1.94 bits per heavy atom. The molecule has 0 rings (SSSR count). The van der Waals surface area contributed by atoms with Crippen LogP contribution < -0.4 is 5.32 Å². The van der Waals surface area contributed by atoms with Crippen molar-refractivity contribution in [1.29, 1.82) is 5.26 Å². The zero-order valence-electron chi connectivity index (χ0n) is 11.3. The molecule has 4 heteroatoms. The summed E-state index contributed by atoms with van der Waals surface area (Å²) in [4.78, 5) is 12.1. The molecular formula is C13H24N2O2. The fourth-order valence-corrected chi connectivity index (χ4v) is 1.80. The van der Waals surface area contributed by atoms with E-state index in [4.69, 9.17) is 10.4 Å². The second-order valence-electron chi connectivity index (χ2n) is 4.74. The first-order chi connectivity index (χ1) is 7.97. The highest BCUT2D eigenvalue weighted by Gasteiger charge is 2.36. The van der Waals surface area contributed by atoms with Gasteiger partial charge in [-0.05, 0) is 25.2 Å². The summed E-state index contributed by atoms with van der Waals surface area (Å²) in [5.41, 5.74) is -0.928. The van der Waals surface area contributed by atoms with Gasteiger partial charge in [-0.2, -0.15) is 5.26 Å². The topological polar surface area (TPSA) is 73.1 Å². The lowest BCUT2D eigenvalue weighted by atomic mass is 9.82. The molecule has 0 saturated heterocycles. The van der Waals surface area contributed by atoms with E-state index in [1.165, 1.54) is 0 Å². The number of aliphatic hydroxyl groups excluding tert-OH is 1. The predicted molar refractivity (Wildman–Crippen MR) is 67.1 cm³/mol. The minimum absolute atomic E-state index is 0.0426. The molecule has 0 spiro atoms. The van der Waals surface area contributed by atoms with Crippen molar-refractivity contribution in [1.82, 2.24) is 5.32 Å². The number of amides is 1. The summed E-state index contributed by atoms with van der Waals surface area (Å²) in [6.07, 6.45) is 1.55. The largest absolute Gasteiger partial charge is 0.396 e. The lowest BCUT2D eigenvalue weighted by Crippen LogP contribution is -2.46. The molecule has 0 heterocycles. The van der Waals surface area contributed by atoms with Crippen LogP contribution >= 0.6 is 0 Å². The van der Waals surface area contributed by atoms with Crippen LogP contribution in [-0.4, -0.2) is 23.7 Å². The molecule has 0 aromatic carbocycles. The average molecular weight is 240 g/mol. The van der Waals surface area contributed by atoms with E-state index in [2.05, 4.69) is 11.4 Å². The second-order valence-corrected chi connectivity index (χ2v) is 4.74. The first-order valence-corrected chi connectivity index (χ1v) is 6.30. The van der Waals surface area contributed by atoms with Gasteiger partial charge in [-0.3, -0.25) is 4.79 Å². The standard InChI is InChI=1S/C13H24N2O2/c1-5-13(6-2,9-14)12(17)15-11(7-8-16)10(3)4/h10-11,16H,5-8H2,1-4H3,(H,15,17). The normalized spacial score (nSPS) is 13.2. The van der Waals surface area contributed by atoms with E-state index >= 15 is 0 Å². The van der Waals surface area contributed by atoms with Gasteiger partial charge < -0.3 is 10.4 Å². The van der Waals surface area contributed by atoms with Crippen LogP contribution in [0.2, 0.25) is 0 Å². The van der Waals surface area contributed by atoms with Gasteiger partial charge in [0.2, 0.25) is 5.91 Å². The van der Waals surface area contributed by atoms with E-state index in [1.54, 1.807) is 0 Å². The predicted octanol–water partition coefficient (Wildman–Crippen LogP) is 1.84. The molecule has 0 aliphatic heterocycles. The molecule has 2 N–H and O–H groups in total. The third-order valence-electron chi connectivity index (χ3n) is 3.42. The highest BCUT2D eigenvalue weighted by atomic mass is 16.3. The highest BCUT2D eigenvalue weighted by Crippen LogP contribution is 2.26. The van der Waals surface area contributed by atoms with Crippen LogP contribution in [0.15, 0.2) is 0 Å². The van der Waals surface area contributed by atoms with Crippen molar-refractivity contribution in [2.24, 2.45) is 11.3 Å². The molecule has 17 heavy (non-hydrogen) atoms. The summed E-state index contributed by atoms with van der Waals surface area (Å²) in [7, 11) is 0. The highest BCUT2D eigenvalue weighted by molar-refractivity contribution is 5.85. The number of carbonyl (C=O) groups is 1. The number of nitrogens with one attached hydrogen (secondary N) is 1. The van der Waals surface area contributed by atoms with Crippen LogP contribution in [0.25, 0.3) is 0 Å². The Kier molecular flexibility index (Phi) is 6.82. The van der Waals surface area contributed by atoms with E-state index in [1.807, 2.05) is 27.7 Å². The fourth-order valence-electron chi connectivity index (χ4n) is 1.80. The fraction of sp³-hybridized carbons (Fsp3) is 0.846. The third-order valence-corrected chi connectivity index (χ3v) is 3.42. The van der Waals surface area contributed by atoms with Gasteiger partial charge in [0.15, 0.2) is 0 Å². The number of nitriles is 1. The quantitative estimate of drug-likeness (QED) is 0.713. The molecule has 98 valence electrons. The zero-order valence-corrected chi connectivity index (χ0v) is 11.3. The van der Waals surface area contributed by atoms with Crippen molar-refractivity contribution >= 4 is 5.91 Å². The average Bonchev–Trinajstić information content (AvgIpc) is 2.31. The zero-order chi connectivity index (χ0) is 13.5. The van der Waals surface area contributed by atoms with Gasteiger partial charge in [0.25, 0.3) is 0 Å². The van der Waals surface area contributed by atoms with E-state index in [0.717, 1.165) is 0 Å². The Labute approximate surface area is 104 Å². The summed E-state index contributed by atoms with van der Waals surface area (Å²) >= 11 is 0. The smallest absolute Gasteiger partial charge is 0.240 e. The molecule has 0 radical (unpaired) electrons. The summed E-state index contributed by atoms with van der Waals surface area (Å²) in [5, 5.41) is 21.0. The number of hydrogen-bond donors (Lipinski definition) is 2. The summed E-state index contributed by atoms with van der Waals surface area (Å²) in [5.74, 6) is 0.0355. The third kappa shape index (κ3) is 4.01. The first-order valence-electron chi connectivity index (χ1n) is 6.30. The van der Waals surface area contributed by atoms with Crippen molar-refractivity contribution < 1.29 is 9.90 Å². The minimum Gasteiger partial charge on any atom is -0.396 e. The molecule has 4 nitrogen and oxygen atoms in total. The number of rotatable bonds is 7. The second kappa shape index (κ2) is 7.29. The molecule has 0 aliphatic rings. The minimum atomic E-state index is -0.928. The Morgan fingerprint density at radius 3 is 2.24 bits per heavy atom. The lowest BCUT2D eigenvalue weighted by molar-refractivity contribution is -0.129. The van der Waals surface area contributed by atoms with Crippen LogP contribution in [0, 0.1) is 22.7 Å². The van der Waals surface area contributed by atoms with Gasteiger partial charge in [0, 0.05) is 12.6 Å². The molecule has 0 aliphatic carbocycles. The Morgan fingerprint density at radius 1 is 1.41 bits per heavy atom. The summed E-state index contributed by atoms with van der Waals surface area (Å²) in [6.45, 7) is 7.73. The monoisotopic (exact) mass is 240 g/mol. The number of hydrogen-bond acceptors (Lipinski definition) is 3. The summed E-state index contributed by atoms with van der Waals surface area (Å²) in [6, 6.07) is 2.06. The van der Waals surface area contributed by atoms with Crippen LogP contribution in [-0.2, 0) is 4.79 Å². The van der Waals surface area contributed by atoms with Crippen molar-refractivity contribution in [2.75, 3.05) is 6.61 Å². The van der Waals surface area contributed by atoms with Crippen LogP contribution in [0.4, 0.5) is 0 Å². The van der Waals surface area contributed by atoms with Gasteiger partial charge in [0.05, 0.1) is 6.07 Å². The number of nitrogens with zero attached hydrogens (tertiary/aromatic N) is 1. The molecular weight excluding hydrogens is 216 g/mol. The Hall–Kier alpha value is -1.08. The Balaban J connectivity index is 4.75. The van der Waals surface area contributed by atoms with Gasteiger partial charge in [0.1, 0.15) is 5.41 Å². The molecule has 1 unspecified atom stereocenters. The van der Waals surface area contributed by atoms with E-state index in [9.17, 15) is 4.79 Å². The Bertz CT molecular complexity index is 278. The number of aliphatic hydroxyl groups is 1. The van der Waals surface area contributed by atoms with Crippen molar-refractivity contribution in [3.63, 3.8) is 0 Å². The van der Waals surface area contributed by atoms with E-state index < -0.39 is 5.41 Å². The lowest BCUT2D eigenvalue weighted by Gasteiger charge is -2.28. The van der Waals surface area contributed by atoms with Crippen LogP contribution in [0.5, 0.6) is 0 Å².